The van der Waals surface area contributed by atoms with E-state index in [0.717, 1.165) is 10.9 Å². The molecular weight excluding hydrogens is 268 g/mol. The maximum absolute atomic E-state index is 12.3. The Kier molecular flexibility index (Phi) is 4.88. The number of nitrogens with zero attached hydrogens (tertiary/aromatic N) is 1. The zero-order valence-corrected chi connectivity index (χ0v) is 12.3. The van der Waals surface area contributed by atoms with E-state index in [2.05, 4.69) is 10.3 Å². The molecule has 2 rings (SSSR count). The molecule has 0 saturated carbocycles. The number of ether oxygens (including phenoxy) is 1. The van der Waals surface area contributed by atoms with Gasteiger partial charge in [-0.2, -0.15) is 0 Å². The number of aliphatic hydroxyl groups is 1. The number of aromatic nitrogens is 1. The summed E-state index contributed by atoms with van der Waals surface area (Å²) >= 11 is 0. The lowest BCUT2D eigenvalue weighted by molar-refractivity contribution is 0.0244. The Balaban J connectivity index is 2.09. The molecular formula is C16H20N2O3. The SMILES string of the molecule is COCCC(C)(O)CNC(=O)c1cccc2ncccc12. The fourth-order valence-corrected chi connectivity index (χ4v) is 2.08. The quantitative estimate of drug-likeness (QED) is 0.849. The van der Waals surface area contributed by atoms with Crippen molar-refractivity contribution in [1.82, 2.24) is 10.3 Å². The van der Waals surface area contributed by atoms with E-state index in [0.29, 0.717) is 18.6 Å². The Morgan fingerprint density at radius 1 is 1.38 bits per heavy atom. The van der Waals surface area contributed by atoms with Crippen molar-refractivity contribution < 1.29 is 14.6 Å². The number of benzene rings is 1. The molecule has 0 aliphatic heterocycles. The smallest absolute Gasteiger partial charge is 0.252 e. The monoisotopic (exact) mass is 288 g/mol. The number of carbonyl (C=O) groups is 1. The summed E-state index contributed by atoms with van der Waals surface area (Å²) < 4.78 is 4.95. The Labute approximate surface area is 124 Å². The summed E-state index contributed by atoms with van der Waals surface area (Å²) in [7, 11) is 1.58. The number of carbonyl (C=O) groups excluding carboxylic acids is 1. The van der Waals surface area contributed by atoms with E-state index >= 15 is 0 Å². The standard InChI is InChI=1S/C16H20N2O3/c1-16(20,8-10-21-2)11-18-15(19)13-5-3-7-14-12(13)6-4-9-17-14/h3-7,9,20H,8,10-11H2,1-2H3,(H,18,19). The van der Waals surface area contributed by atoms with E-state index in [9.17, 15) is 9.90 Å². The van der Waals surface area contributed by atoms with Gasteiger partial charge in [0.2, 0.25) is 0 Å². The van der Waals surface area contributed by atoms with Crippen LogP contribution < -0.4 is 5.32 Å². The minimum atomic E-state index is -0.992. The Bertz CT molecular complexity index is 620. The van der Waals surface area contributed by atoms with E-state index in [1.54, 1.807) is 38.4 Å². The van der Waals surface area contributed by atoms with Crippen LogP contribution in [0.25, 0.3) is 10.9 Å². The average molecular weight is 288 g/mol. The highest BCUT2D eigenvalue weighted by Crippen LogP contribution is 2.16. The lowest BCUT2D eigenvalue weighted by atomic mass is 10.0. The lowest BCUT2D eigenvalue weighted by Gasteiger charge is -2.23. The van der Waals surface area contributed by atoms with Crippen molar-refractivity contribution in [1.29, 1.82) is 0 Å². The van der Waals surface area contributed by atoms with Crippen molar-refractivity contribution in [2.45, 2.75) is 18.9 Å². The topological polar surface area (TPSA) is 71.5 Å². The second-order valence-electron chi connectivity index (χ2n) is 5.30. The maximum Gasteiger partial charge on any atom is 0.252 e. The highest BCUT2D eigenvalue weighted by Gasteiger charge is 2.21. The van der Waals surface area contributed by atoms with Gasteiger partial charge in [-0.15, -0.1) is 0 Å². The van der Waals surface area contributed by atoms with Crippen LogP contribution >= 0.6 is 0 Å². The van der Waals surface area contributed by atoms with Crippen molar-refractivity contribution in [3.8, 4) is 0 Å². The zero-order chi connectivity index (χ0) is 15.3. The van der Waals surface area contributed by atoms with E-state index in [1.165, 1.54) is 0 Å². The van der Waals surface area contributed by atoms with Crippen molar-refractivity contribution in [2.75, 3.05) is 20.3 Å². The summed E-state index contributed by atoms with van der Waals surface area (Å²) in [6, 6.07) is 9.07. The number of pyridine rings is 1. The molecule has 0 aliphatic carbocycles. The van der Waals surface area contributed by atoms with Crippen LogP contribution in [-0.4, -0.2) is 41.9 Å². The third-order valence-electron chi connectivity index (χ3n) is 3.36. The van der Waals surface area contributed by atoms with Gasteiger partial charge in [-0.05, 0) is 25.1 Å². The number of fused-ring (bicyclic) bond motifs is 1. The van der Waals surface area contributed by atoms with Gasteiger partial charge >= 0.3 is 0 Å². The molecule has 0 bridgehead atoms. The molecule has 2 N–H and O–H groups in total. The first-order chi connectivity index (χ1) is 10.0. The molecule has 1 atom stereocenters. The molecule has 0 spiro atoms. The van der Waals surface area contributed by atoms with Crippen LogP contribution in [-0.2, 0) is 4.74 Å². The predicted octanol–water partition coefficient (Wildman–Crippen LogP) is 1.75. The van der Waals surface area contributed by atoms with E-state index < -0.39 is 5.60 Å². The molecule has 0 aliphatic rings. The first-order valence-electron chi connectivity index (χ1n) is 6.87. The number of hydrogen-bond acceptors (Lipinski definition) is 4. The highest BCUT2D eigenvalue weighted by atomic mass is 16.5. The maximum atomic E-state index is 12.3. The Morgan fingerprint density at radius 3 is 2.95 bits per heavy atom. The molecule has 21 heavy (non-hydrogen) atoms. The summed E-state index contributed by atoms with van der Waals surface area (Å²) in [5.41, 5.74) is 0.341. The largest absolute Gasteiger partial charge is 0.388 e. The molecule has 5 heteroatoms. The van der Waals surface area contributed by atoms with Gasteiger partial charge in [0.1, 0.15) is 0 Å². The fraction of sp³-hybridized carbons (Fsp3) is 0.375. The molecule has 1 heterocycles. The number of amides is 1. The molecule has 2 aromatic rings. The Morgan fingerprint density at radius 2 is 2.19 bits per heavy atom. The number of methoxy groups -OCH3 is 1. The summed E-state index contributed by atoms with van der Waals surface area (Å²) in [6.07, 6.45) is 2.15. The molecule has 1 unspecified atom stereocenters. The third kappa shape index (κ3) is 4.00. The second-order valence-corrected chi connectivity index (χ2v) is 5.30. The van der Waals surface area contributed by atoms with Crippen LogP contribution in [0.4, 0.5) is 0 Å². The van der Waals surface area contributed by atoms with Crippen LogP contribution in [0.5, 0.6) is 0 Å². The lowest BCUT2D eigenvalue weighted by Crippen LogP contribution is -2.41. The number of hydrogen-bond donors (Lipinski definition) is 2. The molecule has 1 aromatic heterocycles. The summed E-state index contributed by atoms with van der Waals surface area (Å²) in [4.78, 5) is 16.5. The first kappa shape index (κ1) is 15.4. The molecule has 1 aromatic carbocycles. The van der Waals surface area contributed by atoms with E-state index in [4.69, 9.17) is 4.74 Å². The van der Waals surface area contributed by atoms with Crippen LogP contribution in [0, 0.1) is 0 Å². The molecule has 0 radical (unpaired) electrons. The van der Waals surface area contributed by atoms with Crippen molar-refractivity contribution in [3.05, 3.63) is 42.1 Å². The van der Waals surface area contributed by atoms with Crippen LogP contribution in [0.3, 0.4) is 0 Å². The highest BCUT2D eigenvalue weighted by molar-refractivity contribution is 6.06. The van der Waals surface area contributed by atoms with E-state index in [1.807, 2.05) is 12.1 Å². The predicted molar refractivity (Wildman–Crippen MR) is 81.2 cm³/mol. The molecule has 5 nitrogen and oxygen atoms in total. The Hall–Kier alpha value is -1.98. The fourth-order valence-electron chi connectivity index (χ4n) is 2.08. The number of rotatable bonds is 6. The van der Waals surface area contributed by atoms with Gasteiger partial charge in [0.25, 0.3) is 5.91 Å². The van der Waals surface area contributed by atoms with Crippen molar-refractivity contribution in [3.63, 3.8) is 0 Å². The van der Waals surface area contributed by atoms with Crippen molar-refractivity contribution >= 4 is 16.8 Å². The van der Waals surface area contributed by atoms with Gasteiger partial charge in [-0.1, -0.05) is 12.1 Å². The van der Waals surface area contributed by atoms with Crippen molar-refractivity contribution in [2.24, 2.45) is 0 Å². The van der Waals surface area contributed by atoms with Crippen LogP contribution in [0.1, 0.15) is 23.7 Å². The number of nitrogens with one attached hydrogen (secondary N) is 1. The van der Waals surface area contributed by atoms with Gasteiger partial charge in [-0.25, -0.2) is 0 Å². The van der Waals surface area contributed by atoms with Gasteiger partial charge < -0.3 is 15.2 Å². The van der Waals surface area contributed by atoms with Gasteiger partial charge in [0, 0.05) is 43.8 Å². The first-order valence-corrected chi connectivity index (χ1v) is 6.87. The summed E-state index contributed by atoms with van der Waals surface area (Å²) in [5.74, 6) is -0.216. The summed E-state index contributed by atoms with van der Waals surface area (Å²) in [6.45, 7) is 2.30. The zero-order valence-electron chi connectivity index (χ0n) is 12.3. The normalized spacial score (nSPS) is 13.9. The summed E-state index contributed by atoms with van der Waals surface area (Å²) in [5, 5.41) is 13.7. The second kappa shape index (κ2) is 6.65. The minimum absolute atomic E-state index is 0.172. The third-order valence-corrected chi connectivity index (χ3v) is 3.36. The molecule has 0 fully saturated rings. The molecule has 1 amide bonds. The van der Waals surface area contributed by atoms with Gasteiger partial charge in [0.05, 0.1) is 11.1 Å². The van der Waals surface area contributed by atoms with Crippen LogP contribution in [0.15, 0.2) is 36.5 Å². The van der Waals surface area contributed by atoms with E-state index in [-0.39, 0.29) is 12.5 Å². The van der Waals surface area contributed by atoms with Gasteiger partial charge in [0.15, 0.2) is 0 Å². The minimum Gasteiger partial charge on any atom is -0.388 e. The average Bonchev–Trinajstić information content (AvgIpc) is 2.50. The van der Waals surface area contributed by atoms with Gasteiger partial charge in [-0.3, -0.25) is 9.78 Å². The molecule has 112 valence electrons. The molecule has 0 saturated heterocycles. The van der Waals surface area contributed by atoms with Crippen LogP contribution in [0.2, 0.25) is 0 Å².